The van der Waals surface area contributed by atoms with Crippen molar-refractivity contribution in [3.8, 4) is 0 Å². The van der Waals surface area contributed by atoms with Gasteiger partial charge >= 0.3 is 112 Å². The molecule has 0 bridgehead atoms. The van der Waals surface area contributed by atoms with E-state index >= 15 is 0 Å². The molecule has 0 saturated heterocycles. The molecule has 0 unspecified atom stereocenters. The Labute approximate surface area is 112 Å². The molecule has 0 radical (unpaired) electrons. The summed E-state index contributed by atoms with van der Waals surface area (Å²) in [6.07, 6.45) is 0. The SMILES string of the molecule is CC(C)P(N=P([Se-])(C(C)C)C(C)C)C(C)C. The van der Waals surface area contributed by atoms with Gasteiger partial charge in [-0.05, 0) is 0 Å². The Kier molecular flexibility index (Phi) is 7.45. The monoisotopic (exact) mass is 328 g/mol. The Balaban J connectivity index is 5.33. The van der Waals surface area contributed by atoms with Crippen LogP contribution >= 0.6 is 13.8 Å². The molecule has 98 valence electrons. The molecule has 0 aromatic rings. The first-order valence-corrected chi connectivity index (χ1v) is 11.8. The molecule has 0 atom stereocenters. The molecule has 0 N–H and O–H groups in total. The van der Waals surface area contributed by atoms with Crippen LogP contribution in [0.4, 0.5) is 0 Å². The van der Waals surface area contributed by atoms with Gasteiger partial charge in [-0.2, -0.15) is 0 Å². The Hall–Kier alpha value is 1.18. The van der Waals surface area contributed by atoms with Crippen LogP contribution in [0.5, 0.6) is 0 Å². The van der Waals surface area contributed by atoms with Crippen LogP contribution in [0.15, 0.2) is 4.52 Å². The van der Waals surface area contributed by atoms with Gasteiger partial charge in [-0.1, -0.05) is 0 Å². The summed E-state index contributed by atoms with van der Waals surface area (Å²) in [5, 5.41) is 0. The fraction of sp³-hybridized carbons (Fsp3) is 1.00. The van der Waals surface area contributed by atoms with Crippen molar-refractivity contribution in [2.24, 2.45) is 4.52 Å². The summed E-state index contributed by atoms with van der Waals surface area (Å²) in [5.74, 6) is -1.25. The van der Waals surface area contributed by atoms with Crippen molar-refractivity contribution in [3.63, 3.8) is 0 Å². The van der Waals surface area contributed by atoms with Gasteiger partial charge in [-0.25, -0.2) is 0 Å². The summed E-state index contributed by atoms with van der Waals surface area (Å²) >= 11 is 3.49. The van der Waals surface area contributed by atoms with E-state index in [-0.39, 0.29) is 8.07 Å². The van der Waals surface area contributed by atoms with E-state index in [1.54, 1.807) is 0 Å². The molecule has 0 spiro atoms. The van der Waals surface area contributed by atoms with Crippen LogP contribution < -0.4 is 0 Å². The molecular weight excluding hydrogens is 299 g/mol. The number of nitrogens with zero attached hydrogens (tertiary/aromatic N) is 1. The second kappa shape index (κ2) is 6.94. The van der Waals surface area contributed by atoms with Gasteiger partial charge in [-0.3, -0.25) is 0 Å². The van der Waals surface area contributed by atoms with Gasteiger partial charge in [0.25, 0.3) is 0 Å². The van der Waals surface area contributed by atoms with Gasteiger partial charge in [0.1, 0.15) is 0 Å². The fourth-order valence-electron chi connectivity index (χ4n) is 1.77. The summed E-state index contributed by atoms with van der Waals surface area (Å²) < 4.78 is 5.33. The van der Waals surface area contributed by atoms with Crippen LogP contribution in [0.3, 0.4) is 0 Å². The summed E-state index contributed by atoms with van der Waals surface area (Å²) in [6.45, 7) is 18.6. The second-order valence-corrected chi connectivity index (χ2v) is 16.2. The molecule has 0 saturated carbocycles. The van der Waals surface area contributed by atoms with E-state index in [9.17, 15) is 0 Å². The van der Waals surface area contributed by atoms with Crippen molar-refractivity contribution in [2.45, 2.75) is 78.0 Å². The van der Waals surface area contributed by atoms with E-state index in [1.807, 2.05) is 0 Å². The Morgan fingerprint density at radius 2 is 1.12 bits per heavy atom. The van der Waals surface area contributed by atoms with Gasteiger partial charge in [0, 0.05) is 0 Å². The molecule has 0 aliphatic carbocycles. The van der Waals surface area contributed by atoms with Gasteiger partial charge in [0.15, 0.2) is 0 Å². The first-order valence-electron chi connectivity index (χ1n) is 6.23. The van der Waals surface area contributed by atoms with E-state index < -0.39 is 5.74 Å². The second-order valence-electron chi connectivity index (χ2n) is 5.52. The number of rotatable bonds is 5. The number of hydrogen-bond donors (Lipinski definition) is 0. The third kappa shape index (κ3) is 4.45. The van der Waals surface area contributed by atoms with Crippen LogP contribution in [0.2, 0.25) is 0 Å². The zero-order valence-electron chi connectivity index (χ0n) is 12.1. The predicted molar refractivity (Wildman–Crippen MR) is 82.6 cm³/mol. The maximum absolute atomic E-state index is 5.33. The summed E-state index contributed by atoms with van der Waals surface area (Å²) in [7, 11) is -0.188. The molecule has 16 heavy (non-hydrogen) atoms. The molecule has 0 aliphatic heterocycles. The number of hydrogen-bond acceptors (Lipinski definition) is 1. The molecular formula is C12H28NP2Se-. The van der Waals surface area contributed by atoms with Crippen molar-refractivity contribution in [2.75, 3.05) is 0 Å². The van der Waals surface area contributed by atoms with Crippen LogP contribution in [0.1, 0.15) is 55.4 Å². The van der Waals surface area contributed by atoms with E-state index in [0.717, 1.165) is 0 Å². The normalized spacial score (nSPS) is 13.6. The molecule has 0 fully saturated rings. The van der Waals surface area contributed by atoms with E-state index in [1.165, 1.54) is 0 Å². The minimum atomic E-state index is -1.25. The van der Waals surface area contributed by atoms with Crippen molar-refractivity contribution < 1.29 is 0 Å². The molecule has 0 aromatic heterocycles. The molecule has 0 aliphatic rings. The average molecular weight is 327 g/mol. The van der Waals surface area contributed by atoms with Gasteiger partial charge in [-0.15, -0.1) is 0 Å². The van der Waals surface area contributed by atoms with Crippen LogP contribution in [0.25, 0.3) is 0 Å². The van der Waals surface area contributed by atoms with E-state index in [4.69, 9.17) is 4.52 Å². The Bertz CT molecular complexity index is 240. The Morgan fingerprint density at radius 3 is 1.31 bits per heavy atom. The summed E-state index contributed by atoms with van der Waals surface area (Å²) in [4.78, 5) is 0. The molecule has 0 amide bonds. The molecule has 4 heteroatoms. The van der Waals surface area contributed by atoms with E-state index in [2.05, 4.69) is 71.0 Å². The topological polar surface area (TPSA) is 12.4 Å². The first-order chi connectivity index (χ1) is 7.12. The van der Waals surface area contributed by atoms with Gasteiger partial charge in [0.05, 0.1) is 0 Å². The van der Waals surface area contributed by atoms with E-state index in [0.29, 0.717) is 22.6 Å². The third-order valence-corrected chi connectivity index (χ3v) is 16.5. The quantitative estimate of drug-likeness (QED) is 0.480. The van der Waals surface area contributed by atoms with Crippen LogP contribution in [-0.4, -0.2) is 38.2 Å². The Morgan fingerprint density at radius 1 is 0.812 bits per heavy atom. The van der Waals surface area contributed by atoms with Crippen LogP contribution in [-0.2, 0) is 0 Å². The van der Waals surface area contributed by atoms with Crippen molar-refractivity contribution in [1.82, 2.24) is 0 Å². The molecule has 1 nitrogen and oxygen atoms in total. The van der Waals surface area contributed by atoms with Crippen molar-refractivity contribution in [3.05, 3.63) is 0 Å². The first kappa shape index (κ1) is 17.2. The summed E-state index contributed by atoms with van der Waals surface area (Å²) in [6, 6.07) is 0. The molecule has 0 aromatic carbocycles. The minimum absolute atomic E-state index is 0.188. The standard InChI is InChI=1S/C12H28NP2Se/c1-9(2)14(10(3)4)13-15(16,11(5)6)12(7)8/h9-12H,1-8H3/q-1. The zero-order valence-corrected chi connectivity index (χ0v) is 15.6. The molecule has 0 heterocycles. The van der Waals surface area contributed by atoms with Crippen LogP contribution in [0, 0.1) is 0 Å². The third-order valence-electron chi connectivity index (χ3n) is 2.78. The van der Waals surface area contributed by atoms with Gasteiger partial charge < -0.3 is 0 Å². The fourth-order valence-corrected chi connectivity index (χ4v) is 10.3. The van der Waals surface area contributed by atoms with Crippen molar-refractivity contribution >= 4 is 29.4 Å². The maximum atomic E-state index is 5.33. The van der Waals surface area contributed by atoms with Gasteiger partial charge in [0.2, 0.25) is 0 Å². The molecule has 0 rings (SSSR count). The van der Waals surface area contributed by atoms with Crippen molar-refractivity contribution in [1.29, 1.82) is 0 Å². The predicted octanol–water partition coefficient (Wildman–Crippen LogP) is 5.30. The zero-order chi connectivity index (χ0) is 13.1. The average Bonchev–Trinajstić information content (AvgIpc) is 2.11. The summed E-state index contributed by atoms with van der Waals surface area (Å²) in [5.41, 5.74) is 2.77.